The van der Waals surface area contributed by atoms with Gasteiger partial charge in [-0.2, -0.15) is 0 Å². The molecule has 41 heavy (non-hydrogen) atoms. The Bertz CT molecular complexity index is 1390. The number of methoxy groups -OCH3 is 1. The number of nitrogens with one attached hydrogen (secondary N) is 2. The fraction of sp³-hybridized carbons (Fsp3) is 0.323. The monoisotopic (exact) mass is 559 g/mol. The summed E-state index contributed by atoms with van der Waals surface area (Å²) in [5, 5.41) is 15.5. The van der Waals surface area contributed by atoms with Gasteiger partial charge in [-0.1, -0.05) is 18.2 Å². The molecule has 1 saturated heterocycles. The molecule has 3 aromatic rings. The molecule has 3 aromatic carbocycles. The van der Waals surface area contributed by atoms with Crippen LogP contribution in [-0.2, 0) is 22.6 Å². The molecule has 0 unspecified atom stereocenters. The Morgan fingerprint density at radius 2 is 1.73 bits per heavy atom. The third-order valence-electron chi connectivity index (χ3n) is 7.23. The predicted octanol–water partition coefficient (Wildman–Crippen LogP) is 2.82. The van der Waals surface area contributed by atoms with Crippen LogP contribution in [0, 0.1) is 0 Å². The molecule has 3 N–H and O–H groups in total. The molecule has 0 saturated carbocycles. The van der Waals surface area contributed by atoms with E-state index in [-0.39, 0.29) is 36.6 Å². The largest absolute Gasteiger partial charge is 0.508 e. The highest BCUT2D eigenvalue weighted by molar-refractivity contribution is 5.94. The van der Waals surface area contributed by atoms with Gasteiger partial charge in [0.2, 0.25) is 5.91 Å². The number of ether oxygens (including phenoxy) is 3. The van der Waals surface area contributed by atoms with Crippen LogP contribution in [0.4, 0.5) is 0 Å². The Morgan fingerprint density at radius 3 is 2.49 bits per heavy atom. The van der Waals surface area contributed by atoms with E-state index >= 15 is 0 Å². The predicted molar refractivity (Wildman–Crippen MR) is 150 cm³/mol. The number of amides is 3. The first kappa shape index (κ1) is 27.8. The van der Waals surface area contributed by atoms with Gasteiger partial charge in [0.25, 0.3) is 11.8 Å². The molecule has 8 rings (SSSR count). The maximum absolute atomic E-state index is 13.2. The summed E-state index contributed by atoms with van der Waals surface area (Å²) in [6.45, 7) is 0.798. The number of likely N-dealkylation sites (tertiary alicyclic amines) is 1. The molecule has 5 aliphatic heterocycles. The van der Waals surface area contributed by atoms with Gasteiger partial charge in [-0.05, 0) is 66.1 Å². The van der Waals surface area contributed by atoms with Gasteiger partial charge in [-0.25, -0.2) is 0 Å². The highest BCUT2D eigenvalue weighted by atomic mass is 16.5. The third-order valence-corrected chi connectivity index (χ3v) is 7.23. The number of phenolic OH excluding ortho intramolecular Hbond substituents is 1. The van der Waals surface area contributed by atoms with Gasteiger partial charge >= 0.3 is 0 Å². The van der Waals surface area contributed by atoms with Gasteiger partial charge in [0.1, 0.15) is 17.6 Å². The number of piperidine rings is 1. The zero-order valence-corrected chi connectivity index (χ0v) is 22.8. The number of aromatic hydroxyl groups is 1. The van der Waals surface area contributed by atoms with Gasteiger partial charge < -0.3 is 34.9 Å². The lowest BCUT2D eigenvalue weighted by Crippen LogP contribution is -2.58. The highest BCUT2D eigenvalue weighted by Gasteiger charge is 2.34. The summed E-state index contributed by atoms with van der Waals surface area (Å²) >= 11 is 0. The topological polar surface area (TPSA) is 126 Å². The van der Waals surface area contributed by atoms with Gasteiger partial charge in [0, 0.05) is 38.0 Å². The minimum atomic E-state index is -0.505. The van der Waals surface area contributed by atoms with Crippen molar-refractivity contribution >= 4 is 17.7 Å². The Hall–Kier alpha value is -4.73. The fourth-order valence-corrected chi connectivity index (χ4v) is 4.97. The summed E-state index contributed by atoms with van der Waals surface area (Å²) in [5.41, 5.74) is 2.29. The Kier molecular flexibility index (Phi) is 8.57. The van der Waals surface area contributed by atoms with Crippen molar-refractivity contribution in [1.82, 2.24) is 15.5 Å². The van der Waals surface area contributed by atoms with Crippen LogP contribution < -0.4 is 24.8 Å². The molecular formula is C31H33N3O7. The average molecular weight is 560 g/mol. The lowest BCUT2D eigenvalue weighted by molar-refractivity contribution is -0.125. The molecule has 10 heteroatoms. The van der Waals surface area contributed by atoms with Crippen molar-refractivity contribution in [3.8, 4) is 23.0 Å². The lowest BCUT2D eigenvalue weighted by Gasteiger charge is -2.39. The first-order valence-corrected chi connectivity index (χ1v) is 13.6. The number of phenols is 1. The minimum Gasteiger partial charge on any atom is -0.508 e. The molecule has 4 bridgehead atoms. The van der Waals surface area contributed by atoms with E-state index in [1.54, 1.807) is 29.2 Å². The van der Waals surface area contributed by atoms with Crippen molar-refractivity contribution < 1.29 is 33.7 Å². The van der Waals surface area contributed by atoms with Crippen LogP contribution in [0.15, 0.2) is 66.7 Å². The second kappa shape index (κ2) is 12.6. The quantitative estimate of drug-likeness (QED) is 0.441. The van der Waals surface area contributed by atoms with E-state index in [4.69, 9.17) is 14.2 Å². The number of aryl methyl sites for hydroxylation is 1. The van der Waals surface area contributed by atoms with Crippen LogP contribution in [0.25, 0.3) is 0 Å². The second-order valence-corrected chi connectivity index (χ2v) is 10.1. The Balaban J connectivity index is 1.37. The average Bonchev–Trinajstić information content (AvgIpc) is 2.99. The number of benzene rings is 3. The Labute approximate surface area is 238 Å². The molecule has 2 atom stereocenters. The van der Waals surface area contributed by atoms with Crippen molar-refractivity contribution in [2.24, 2.45) is 0 Å². The lowest BCUT2D eigenvalue weighted by atomic mass is 10.0. The summed E-state index contributed by atoms with van der Waals surface area (Å²) < 4.78 is 17.5. The number of carbonyl (C=O) groups is 3. The number of nitrogens with zero attached hydrogens (tertiary/aromatic N) is 1. The molecular weight excluding hydrogens is 526 g/mol. The van der Waals surface area contributed by atoms with E-state index < -0.39 is 12.1 Å². The van der Waals surface area contributed by atoms with Crippen LogP contribution >= 0.6 is 0 Å². The van der Waals surface area contributed by atoms with Gasteiger partial charge in [0.05, 0.1) is 13.2 Å². The van der Waals surface area contributed by atoms with Gasteiger partial charge in [-0.3, -0.25) is 14.4 Å². The van der Waals surface area contributed by atoms with E-state index in [2.05, 4.69) is 10.6 Å². The van der Waals surface area contributed by atoms with Crippen molar-refractivity contribution in [3.05, 3.63) is 83.4 Å². The van der Waals surface area contributed by atoms with Gasteiger partial charge in [-0.15, -0.1) is 0 Å². The van der Waals surface area contributed by atoms with Crippen molar-refractivity contribution in [1.29, 1.82) is 0 Å². The van der Waals surface area contributed by atoms with Crippen LogP contribution in [0.5, 0.6) is 23.0 Å². The van der Waals surface area contributed by atoms with E-state index in [0.717, 1.165) is 11.1 Å². The Morgan fingerprint density at radius 1 is 0.976 bits per heavy atom. The van der Waals surface area contributed by atoms with E-state index in [9.17, 15) is 19.5 Å². The maximum Gasteiger partial charge on any atom is 0.258 e. The van der Waals surface area contributed by atoms with E-state index in [1.165, 1.54) is 19.2 Å². The summed E-state index contributed by atoms with van der Waals surface area (Å²) in [6, 6.07) is 18.4. The van der Waals surface area contributed by atoms with Crippen molar-refractivity contribution in [3.63, 3.8) is 0 Å². The zero-order valence-electron chi connectivity index (χ0n) is 22.8. The van der Waals surface area contributed by atoms with Crippen LogP contribution in [0.2, 0.25) is 0 Å². The number of carbonyl (C=O) groups excluding carboxylic acids is 3. The summed E-state index contributed by atoms with van der Waals surface area (Å²) in [5.74, 6) is 0.951. The SMILES string of the molecule is COc1cc2ccc1OCC(=O)N[C@@H]1CN(C(=O)c3ccc(O)cc3)CC[C@H]1Oc1ccc(cc1)CNC(=O)CC2. The number of hydrogen-bond acceptors (Lipinski definition) is 7. The zero-order chi connectivity index (χ0) is 28.8. The normalized spacial score (nSPS) is 19.7. The molecule has 5 aliphatic rings. The third kappa shape index (κ3) is 7.08. The first-order chi connectivity index (χ1) is 19.9. The smallest absolute Gasteiger partial charge is 0.258 e. The van der Waals surface area contributed by atoms with Crippen molar-refractivity contribution in [2.75, 3.05) is 26.8 Å². The second-order valence-electron chi connectivity index (χ2n) is 10.1. The molecule has 0 aromatic heterocycles. The van der Waals surface area contributed by atoms with Crippen LogP contribution in [0.1, 0.15) is 34.3 Å². The standard InChI is InChI=1S/C31H33N3O7/c1-39-28-16-20-4-12-27(28)40-19-30(37)33-25-18-34(31(38)22-6-8-23(35)9-7-22)15-14-26(25)41-24-10-2-21(3-11-24)17-32-29(36)13-5-20/h2-4,6-12,16,25-26,35H,5,13-15,17-19H2,1H3,(H,32,36)(H,33,37)/t25-,26-/m1/s1. The van der Waals surface area contributed by atoms with Crippen LogP contribution in [0.3, 0.4) is 0 Å². The van der Waals surface area contributed by atoms with E-state index in [1.807, 2.05) is 30.3 Å². The molecule has 3 amide bonds. The molecule has 214 valence electrons. The minimum absolute atomic E-state index is 0.0628. The number of hydrogen-bond donors (Lipinski definition) is 3. The van der Waals surface area contributed by atoms with Crippen molar-refractivity contribution in [2.45, 2.75) is 38.0 Å². The first-order valence-electron chi connectivity index (χ1n) is 13.6. The molecule has 0 spiro atoms. The molecule has 1 fully saturated rings. The molecule has 0 aliphatic carbocycles. The number of rotatable bonds is 2. The summed E-state index contributed by atoms with van der Waals surface area (Å²) in [7, 11) is 1.52. The summed E-state index contributed by atoms with van der Waals surface area (Å²) in [6.07, 6.45) is 0.941. The summed E-state index contributed by atoms with van der Waals surface area (Å²) in [4.78, 5) is 40.3. The molecule has 5 heterocycles. The maximum atomic E-state index is 13.2. The highest BCUT2D eigenvalue weighted by Crippen LogP contribution is 2.29. The van der Waals surface area contributed by atoms with E-state index in [0.29, 0.717) is 55.2 Å². The van der Waals surface area contributed by atoms with Gasteiger partial charge in [0.15, 0.2) is 18.1 Å². The molecule has 0 radical (unpaired) electrons. The fourth-order valence-electron chi connectivity index (χ4n) is 4.97. The molecule has 10 nitrogen and oxygen atoms in total. The van der Waals surface area contributed by atoms with Crippen LogP contribution in [-0.4, -0.2) is 66.7 Å².